The lowest BCUT2D eigenvalue weighted by Crippen LogP contribution is -2.42. The lowest BCUT2D eigenvalue weighted by Gasteiger charge is -2.22. The van der Waals surface area contributed by atoms with E-state index in [1.54, 1.807) is 0 Å². The highest BCUT2D eigenvalue weighted by atomic mass is 32.2. The molecule has 1 atom stereocenters. The Morgan fingerprint density at radius 1 is 1.42 bits per heavy atom. The van der Waals surface area contributed by atoms with E-state index in [0.717, 1.165) is 11.1 Å². The van der Waals surface area contributed by atoms with Crippen molar-refractivity contribution in [1.82, 2.24) is 10.3 Å². The predicted molar refractivity (Wildman–Crippen MR) is 72.5 cm³/mol. The SMILES string of the molecule is CC1(NCc2nc3ccccc3o2)CCS(=O)(=O)C1. The van der Waals surface area contributed by atoms with Crippen LogP contribution in [-0.4, -0.2) is 30.4 Å². The number of oxazole rings is 1. The Morgan fingerprint density at radius 3 is 2.89 bits per heavy atom. The fourth-order valence-corrected chi connectivity index (χ4v) is 4.56. The zero-order valence-electron chi connectivity index (χ0n) is 10.7. The van der Waals surface area contributed by atoms with Crippen LogP contribution in [0, 0.1) is 0 Å². The molecule has 1 aliphatic rings. The molecule has 1 aliphatic heterocycles. The van der Waals surface area contributed by atoms with E-state index in [9.17, 15) is 8.42 Å². The van der Waals surface area contributed by atoms with Gasteiger partial charge in [-0.25, -0.2) is 13.4 Å². The molecule has 2 aromatic rings. The van der Waals surface area contributed by atoms with Gasteiger partial charge in [-0.15, -0.1) is 0 Å². The molecule has 0 amide bonds. The number of nitrogens with zero attached hydrogens (tertiary/aromatic N) is 1. The fraction of sp³-hybridized carbons (Fsp3) is 0.462. The zero-order chi connectivity index (χ0) is 13.5. The minimum absolute atomic E-state index is 0.181. The van der Waals surface area contributed by atoms with Gasteiger partial charge in [0.15, 0.2) is 15.4 Å². The normalized spacial score (nSPS) is 25.9. The van der Waals surface area contributed by atoms with E-state index in [1.165, 1.54) is 0 Å². The van der Waals surface area contributed by atoms with E-state index >= 15 is 0 Å². The summed E-state index contributed by atoms with van der Waals surface area (Å²) >= 11 is 0. The molecule has 1 fully saturated rings. The van der Waals surface area contributed by atoms with Crippen molar-refractivity contribution in [2.45, 2.75) is 25.4 Å². The van der Waals surface area contributed by atoms with E-state index in [2.05, 4.69) is 10.3 Å². The van der Waals surface area contributed by atoms with Gasteiger partial charge in [0, 0.05) is 5.54 Å². The molecule has 0 radical (unpaired) electrons. The Hall–Kier alpha value is -1.40. The van der Waals surface area contributed by atoms with E-state index in [4.69, 9.17) is 4.42 Å². The summed E-state index contributed by atoms with van der Waals surface area (Å²) in [4.78, 5) is 4.36. The van der Waals surface area contributed by atoms with Gasteiger partial charge in [-0.3, -0.25) is 0 Å². The van der Waals surface area contributed by atoms with Crippen LogP contribution in [0.5, 0.6) is 0 Å². The lowest BCUT2D eigenvalue weighted by molar-refractivity contribution is 0.367. The third kappa shape index (κ3) is 2.64. The van der Waals surface area contributed by atoms with Gasteiger partial charge in [0.25, 0.3) is 0 Å². The first-order valence-electron chi connectivity index (χ1n) is 6.26. The van der Waals surface area contributed by atoms with Crippen LogP contribution in [0.2, 0.25) is 0 Å². The average molecular weight is 280 g/mol. The summed E-state index contributed by atoms with van der Waals surface area (Å²) in [5, 5.41) is 3.26. The molecule has 5 nitrogen and oxygen atoms in total. The van der Waals surface area contributed by atoms with Crippen molar-refractivity contribution >= 4 is 20.9 Å². The minimum Gasteiger partial charge on any atom is -0.439 e. The van der Waals surface area contributed by atoms with Gasteiger partial charge in [-0.2, -0.15) is 0 Å². The van der Waals surface area contributed by atoms with Crippen LogP contribution in [-0.2, 0) is 16.4 Å². The van der Waals surface area contributed by atoms with Crippen molar-refractivity contribution in [3.8, 4) is 0 Å². The number of aromatic nitrogens is 1. The maximum atomic E-state index is 11.5. The van der Waals surface area contributed by atoms with Crippen molar-refractivity contribution in [3.05, 3.63) is 30.2 Å². The van der Waals surface area contributed by atoms with Crippen LogP contribution in [0.3, 0.4) is 0 Å². The number of fused-ring (bicyclic) bond motifs is 1. The summed E-state index contributed by atoms with van der Waals surface area (Å²) in [5.41, 5.74) is 1.20. The highest BCUT2D eigenvalue weighted by molar-refractivity contribution is 7.91. The maximum Gasteiger partial charge on any atom is 0.209 e. The first-order valence-corrected chi connectivity index (χ1v) is 8.08. The first kappa shape index (κ1) is 12.6. The molecule has 1 N–H and O–H groups in total. The summed E-state index contributed by atoms with van der Waals surface area (Å²) in [6.07, 6.45) is 0.634. The van der Waals surface area contributed by atoms with E-state index in [0.29, 0.717) is 18.9 Å². The quantitative estimate of drug-likeness (QED) is 0.922. The monoisotopic (exact) mass is 280 g/mol. The molecule has 2 heterocycles. The second kappa shape index (κ2) is 4.31. The topological polar surface area (TPSA) is 72.2 Å². The Balaban J connectivity index is 1.72. The Kier molecular flexibility index (Phi) is 2.87. The highest BCUT2D eigenvalue weighted by Gasteiger charge is 2.38. The number of hydrogen-bond donors (Lipinski definition) is 1. The van der Waals surface area contributed by atoms with Gasteiger partial charge < -0.3 is 9.73 Å². The smallest absolute Gasteiger partial charge is 0.209 e. The molecule has 0 saturated carbocycles. The molecule has 1 aromatic heterocycles. The number of para-hydroxylation sites is 2. The summed E-state index contributed by atoms with van der Waals surface area (Å²) in [5.74, 6) is 1.02. The van der Waals surface area contributed by atoms with Crippen molar-refractivity contribution in [1.29, 1.82) is 0 Å². The number of sulfone groups is 1. The molecule has 1 aromatic carbocycles. The van der Waals surface area contributed by atoms with Crippen LogP contribution < -0.4 is 5.32 Å². The molecular weight excluding hydrogens is 264 g/mol. The second-order valence-electron chi connectivity index (χ2n) is 5.33. The highest BCUT2D eigenvalue weighted by Crippen LogP contribution is 2.23. The molecule has 0 spiro atoms. The number of rotatable bonds is 3. The van der Waals surface area contributed by atoms with Gasteiger partial charge in [0.2, 0.25) is 5.89 Å². The molecule has 0 aliphatic carbocycles. The summed E-state index contributed by atoms with van der Waals surface area (Å²) in [6, 6.07) is 7.57. The molecule has 102 valence electrons. The molecule has 6 heteroatoms. The first-order chi connectivity index (χ1) is 8.96. The third-order valence-electron chi connectivity index (χ3n) is 3.51. The van der Waals surface area contributed by atoms with Crippen LogP contribution in [0.25, 0.3) is 11.1 Å². The molecule has 0 bridgehead atoms. The molecule has 1 unspecified atom stereocenters. The van der Waals surface area contributed by atoms with Crippen molar-refractivity contribution in [3.63, 3.8) is 0 Å². The zero-order valence-corrected chi connectivity index (χ0v) is 11.5. The van der Waals surface area contributed by atoms with Crippen LogP contribution in [0.4, 0.5) is 0 Å². The van der Waals surface area contributed by atoms with E-state index in [1.807, 2.05) is 31.2 Å². The maximum absolute atomic E-state index is 11.5. The van der Waals surface area contributed by atoms with Gasteiger partial charge in [0.1, 0.15) is 5.52 Å². The van der Waals surface area contributed by atoms with Gasteiger partial charge in [0.05, 0.1) is 18.1 Å². The molecule has 3 rings (SSSR count). The summed E-state index contributed by atoms with van der Waals surface area (Å²) in [7, 11) is -2.90. The fourth-order valence-electron chi connectivity index (χ4n) is 2.43. The molecule has 1 saturated heterocycles. The van der Waals surface area contributed by atoms with Gasteiger partial charge >= 0.3 is 0 Å². The molecular formula is C13H16N2O3S. The van der Waals surface area contributed by atoms with Crippen molar-refractivity contribution in [2.24, 2.45) is 0 Å². The van der Waals surface area contributed by atoms with Crippen molar-refractivity contribution in [2.75, 3.05) is 11.5 Å². The standard InChI is InChI=1S/C13H16N2O3S/c1-13(6-7-19(16,17)9-13)14-8-12-15-10-4-2-3-5-11(10)18-12/h2-5,14H,6-9H2,1H3. The third-order valence-corrected chi connectivity index (χ3v) is 5.41. The molecule has 19 heavy (non-hydrogen) atoms. The predicted octanol–water partition coefficient (Wildman–Crippen LogP) is 1.49. The van der Waals surface area contributed by atoms with Crippen LogP contribution in [0.1, 0.15) is 19.2 Å². The number of benzene rings is 1. The Bertz CT molecular complexity index is 675. The van der Waals surface area contributed by atoms with E-state index < -0.39 is 9.84 Å². The Morgan fingerprint density at radius 2 is 2.21 bits per heavy atom. The Labute approximate surface area is 111 Å². The summed E-state index contributed by atoms with van der Waals surface area (Å²) < 4.78 is 28.6. The van der Waals surface area contributed by atoms with Gasteiger partial charge in [-0.05, 0) is 25.5 Å². The second-order valence-corrected chi connectivity index (χ2v) is 7.52. The van der Waals surface area contributed by atoms with Gasteiger partial charge in [-0.1, -0.05) is 12.1 Å². The number of nitrogens with one attached hydrogen (secondary N) is 1. The minimum atomic E-state index is -2.90. The largest absolute Gasteiger partial charge is 0.439 e. The summed E-state index contributed by atoms with van der Waals surface area (Å²) in [6.45, 7) is 2.38. The average Bonchev–Trinajstić information content (AvgIpc) is 2.88. The van der Waals surface area contributed by atoms with Crippen LogP contribution in [0.15, 0.2) is 28.7 Å². The number of hydrogen-bond acceptors (Lipinski definition) is 5. The lowest BCUT2D eigenvalue weighted by atomic mass is 10.0. The van der Waals surface area contributed by atoms with Crippen LogP contribution >= 0.6 is 0 Å². The van der Waals surface area contributed by atoms with Crippen molar-refractivity contribution < 1.29 is 12.8 Å². The van der Waals surface area contributed by atoms with E-state index in [-0.39, 0.29) is 17.0 Å².